The van der Waals surface area contributed by atoms with E-state index in [0.29, 0.717) is 19.3 Å². The van der Waals surface area contributed by atoms with Crippen molar-refractivity contribution in [3.8, 4) is 0 Å². The standard InChI is InChI=1S/C26H41N7O/c1-27-17-20-16-23-25(34)28-18-26(10-4-3-5-11-26)33(23)24(20)30-19-29-21-6-8-22(9-7-21)32-14-12-31(2)13-15-32/h16-17,21-22,29H,1,3-15,18-19H2,2H3,(H,28,34)/b20-17-,30-24+. The first-order valence-electron chi connectivity index (χ1n) is 13.3. The molecule has 2 aliphatic carbocycles. The van der Waals surface area contributed by atoms with Crippen LogP contribution in [0.25, 0.3) is 0 Å². The van der Waals surface area contributed by atoms with Gasteiger partial charge in [0, 0.05) is 56.6 Å². The molecule has 186 valence electrons. The van der Waals surface area contributed by atoms with Gasteiger partial charge in [0.2, 0.25) is 0 Å². The normalized spacial score (nSPS) is 32.7. The molecule has 0 unspecified atom stereocenters. The number of amides is 1. The first-order valence-corrected chi connectivity index (χ1v) is 13.3. The maximum atomic E-state index is 12.7. The molecule has 0 aromatic carbocycles. The predicted molar refractivity (Wildman–Crippen MR) is 137 cm³/mol. The molecule has 0 aromatic heterocycles. The second-order valence-corrected chi connectivity index (χ2v) is 10.8. The van der Waals surface area contributed by atoms with Gasteiger partial charge in [0.25, 0.3) is 5.91 Å². The number of likely N-dealkylation sites (N-methyl/N-ethyl adjacent to an activating group) is 1. The third-order valence-electron chi connectivity index (χ3n) is 8.66. The molecule has 8 heteroatoms. The van der Waals surface area contributed by atoms with Gasteiger partial charge in [-0.3, -0.25) is 25.0 Å². The number of amidine groups is 1. The van der Waals surface area contributed by atoms with Crippen LogP contribution < -0.4 is 10.6 Å². The van der Waals surface area contributed by atoms with E-state index in [2.05, 4.69) is 44.1 Å². The number of fused-ring (bicyclic) bond motifs is 2. The highest BCUT2D eigenvalue weighted by Gasteiger charge is 2.49. The fourth-order valence-corrected chi connectivity index (χ4v) is 6.63. The summed E-state index contributed by atoms with van der Waals surface area (Å²) in [6, 6.07) is 1.26. The van der Waals surface area contributed by atoms with Gasteiger partial charge in [-0.05, 0) is 58.4 Å². The van der Waals surface area contributed by atoms with E-state index < -0.39 is 0 Å². The van der Waals surface area contributed by atoms with Gasteiger partial charge in [0.1, 0.15) is 11.5 Å². The Balaban J connectivity index is 1.23. The molecule has 0 radical (unpaired) electrons. The highest BCUT2D eigenvalue weighted by atomic mass is 16.2. The summed E-state index contributed by atoms with van der Waals surface area (Å²) in [6.07, 6.45) is 14.5. The summed E-state index contributed by atoms with van der Waals surface area (Å²) in [6.45, 7) is 9.72. The van der Waals surface area contributed by atoms with E-state index in [1.165, 1.54) is 71.1 Å². The molecule has 2 N–H and O–H groups in total. The Morgan fingerprint density at radius 3 is 2.59 bits per heavy atom. The van der Waals surface area contributed by atoms with E-state index in [0.717, 1.165) is 36.0 Å². The molecule has 4 fully saturated rings. The Morgan fingerprint density at radius 1 is 1.15 bits per heavy atom. The lowest BCUT2D eigenvalue weighted by Crippen LogP contribution is -2.63. The van der Waals surface area contributed by atoms with Crippen molar-refractivity contribution in [2.75, 3.05) is 46.4 Å². The molecule has 1 amide bonds. The largest absolute Gasteiger partial charge is 0.348 e. The van der Waals surface area contributed by atoms with Crippen molar-refractivity contribution in [2.24, 2.45) is 9.98 Å². The molecule has 0 atom stereocenters. The van der Waals surface area contributed by atoms with Crippen LogP contribution in [0, 0.1) is 0 Å². The van der Waals surface area contributed by atoms with Gasteiger partial charge in [0.05, 0.1) is 12.2 Å². The maximum Gasteiger partial charge on any atom is 0.268 e. The Labute approximate surface area is 204 Å². The highest BCUT2D eigenvalue weighted by molar-refractivity contribution is 6.13. The summed E-state index contributed by atoms with van der Waals surface area (Å²) in [7, 11) is 2.22. The molecular weight excluding hydrogens is 426 g/mol. The number of hydrogen-bond acceptors (Lipinski definition) is 6. The van der Waals surface area contributed by atoms with E-state index in [9.17, 15) is 4.79 Å². The first-order chi connectivity index (χ1) is 16.6. The van der Waals surface area contributed by atoms with Gasteiger partial charge in [-0.25, -0.2) is 0 Å². The first kappa shape index (κ1) is 23.7. The summed E-state index contributed by atoms with van der Waals surface area (Å²) in [4.78, 5) is 29.1. The Bertz CT molecular complexity index is 856. The molecule has 3 heterocycles. The average molecular weight is 468 g/mol. The lowest BCUT2D eigenvalue weighted by molar-refractivity contribution is -0.122. The third kappa shape index (κ3) is 4.72. The number of carbonyl (C=O) groups is 1. The van der Waals surface area contributed by atoms with Crippen molar-refractivity contribution in [1.29, 1.82) is 0 Å². The van der Waals surface area contributed by atoms with Gasteiger partial charge in [0.15, 0.2) is 0 Å². The second kappa shape index (κ2) is 10.3. The molecule has 5 aliphatic rings. The highest BCUT2D eigenvalue weighted by Crippen LogP contribution is 2.42. The second-order valence-electron chi connectivity index (χ2n) is 10.8. The van der Waals surface area contributed by atoms with Crippen LogP contribution in [0.3, 0.4) is 0 Å². The summed E-state index contributed by atoms with van der Waals surface area (Å²) in [5.74, 6) is 0.879. The minimum Gasteiger partial charge on any atom is -0.348 e. The van der Waals surface area contributed by atoms with Crippen LogP contribution in [0.2, 0.25) is 0 Å². The van der Waals surface area contributed by atoms with E-state index in [1.807, 2.05) is 6.08 Å². The SMILES string of the molecule is C=N/C=C1/C=C2C(=O)NCC3(CCCCC3)N2/C1=N/CNC1CCC(N2CCN(C)CC2)CC1. The average Bonchev–Trinajstić information content (AvgIpc) is 3.23. The Kier molecular flexibility index (Phi) is 7.18. The van der Waals surface area contributed by atoms with Crippen LogP contribution in [0.5, 0.6) is 0 Å². The summed E-state index contributed by atoms with van der Waals surface area (Å²) < 4.78 is 0. The third-order valence-corrected chi connectivity index (χ3v) is 8.66. The zero-order chi connectivity index (χ0) is 23.5. The summed E-state index contributed by atoms with van der Waals surface area (Å²) >= 11 is 0. The number of hydrogen-bond donors (Lipinski definition) is 2. The van der Waals surface area contributed by atoms with Crippen LogP contribution in [-0.4, -0.2) is 97.2 Å². The molecule has 3 aliphatic heterocycles. The minimum atomic E-state index is -0.0614. The number of nitrogens with one attached hydrogen (secondary N) is 2. The molecular formula is C26H41N7O. The van der Waals surface area contributed by atoms with Crippen molar-refractivity contribution in [3.63, 3.8) is 0 Å². The monoisotopic (exact) mass is 467 g/mol. The zero-order valence-corrected chi connectivity index (χ0v) is 20.8. The molecule has 2 saturated heterocycles. The summed E-state index contributed by atoms with van der Waals surface area (Å²) in [5, 5.41) is 6.84. The lowest BCUT2D eigenvalue weighted by Gasteiger charge is -2.49. The van der Waals surface area contributed by atoms with E-state index >= 15 is 0 Å². The summed E-state index contributed by atoms with van der Waals surface area (Å²) in [5.41, 5.74) is 1.55. The lowest BCUT2D eigenvalue weighted by atomic mass is 9.78. The Hall–Kier alpha value is -2.03. The van der Waals surface area contributed by atoms with Gasteiger partial charge < -0.3 is 15.1 Å². The van der Waals surface area contributed by atoms with Crippen molar-refractivity contribution in [2.45, 2.75) is 75.4 Å². The van der Waals surface area contributed by atoms with Crippen LogP contribution in [0.15, 0.2) is 33.5 Å². The minimum absolute atomic E-state index is 0.00783. The van der Waals surface area contributed by atoms with Gasteiger partial charge in [-0.15, -0.1) is 0 Å². The number of rotatable bonds is 5. The maximum absolute atomic E-state index is 12.7. The van der Waals surface area contributed by atoms with E-state index in [-0.39, 0.29) is 11.4 Å². The van der Waals surface area contributed by atoms with Crippen LogP contribution in [-0.2, 0) is 4.79 Å². The van der Waals surface area contributed by atoms with Gasteiger partial charge >= 0.3 is 0 Å². The molecule has 8 nitrogen and oxygen atoms in total. The quantitative estimate of drug-likeness (QED) is 0.606. The van der Waals surface area contributed by atoms with Crippen LogP contribution >= 0.6 is 0 Å². The van der Waals surface area contributed by atoms with Gasteiger partial charge in [-0.2, -0.15) is 0 Å². The van der Waals surface area contributed by atoms with Crippen molar-refractivity contribution in [3.05, 3.63) is 23.5 Å². The molecule has 5 rings (SSSR count). The zero-order valence-electron chi connectivity index (χ0n) is 20.8. The van der Waals surface area contributed by atoms with Crippen molar-refractivity contribution in [1.82, 2.24) is 25.3 Å². The number of piperazine rings is 2. The van der Waals surface area contributed by atoms with Crippen LogP contribution in [0.1, 0.15) is 57.8 Å². The number of nitrogens with zero attached hydrogens (tertiary/aromatic N) is 5. The molecule has 0 bridgehead atoms. The van der Waals surface area contributed by atoms with Crippen molar-refractivity contribution < 1.29 is 4.79 Å². The fraction of sp³-hybridized carbons (Fsp3) is 0.731. The predicted octanol–water partition coefficient (Wildman–Crippen LogP) is 2.11. The van der Waals surface area contributed by atoms with Crippen molar-refractivity contribution >= 4 is 18.5 Å². The fourth-order valence-electron chi connectivity index (χ4n) is 6.63. The van der Waals surface area contributed by atoms with Gasteiger partial charge in [-0.1, -0.05) is 19.3 Å². The molecule has 1 spiro atoms. The topological polar surface area (TPSA) is 75.6 Å². The smallest absolute Gasteiger partial charge is 0.268 e. The van der Waals surface area contributed by atoms with E-state index in [1.54, 1.807) is 6.20 Å². The number of carbonyl (C=O) groups excluding carboxylic acids is 1. The Morgan fingerprint density at radius 2 is 1.88 bits per heavy atom. The molecule has 2 saturated carbocycles. The molecule has 0 aromatic rings. The van der Waals surface area contributed by atoms with E-state index in [4.69, 9.17) is 4.99 Å². The molecule has 34 heavy (non-hydrogen) atoms. The van der Waals surface area contributed by atoms with Crippen LogP contribution in [0.4, 0.5) is 0 Å². The number of aliphatic imine (C=N–C) groups is 2.